The van der Waals surface area contributed by atoms with Crippen LogP contribution in [0.4, 0.5) is 5.69 Å². The number of ether oxygens (including phenoxy) is 3. The number of carbonyl (C=O) groups excluding carboxylic acids is 4. The first-order chi connectivity index (χ1) is 45.5. The maximum Gasteiger partial charge on any atom is 0.469 e. The Morgan fingerprint density at radius 3 is 1.69 bits per heavy atom. The van der Waals surface area contributed by atoms with Crippen molar-refractivity contribution in [2.45, 2.75) is 264 Å². The number of ketones is 1. The number of thiocarbonyl (C=S) groups is 1. The quantitative estimate of drug-likeness (QED) is 0.00600. The molecule has 0 fully saturated rings. The molecule has 1 atom stereocenters. The number of carbonyl (C=O) groups is 4. The number of aryl methyl sites for hydroxylation is 1. The average molecular weight is 1350 g/mol. The number of Topliss-reactive ketones (excluding diaryl/α,β-unsaturated/α-hetero) is 1. The van der Waals surface area contributed by atoms with Gasteiger partial charge in [-0.25, -0.2) is 4.57 Å². The predicted molar refractivity (Wildman–Crippen MR) is 384 cm³/mol. The molecule has 1 unspecified atom stereocenters. The summed E-state index contributed by atoms with van der Waals surface area (Å²) in [4.78, 5) is 77.7. The van der Waals surface area contributed by atoms with E-state index in [0.717, 1.165) is 104 Å². The number of nitrogens with one attached hydrogen (secondary N) is 3. The molecule has 0 spiro atoms. The van der Waals surface area contributed by atoms with Gasteiger partial charge in [-0.05, 0) is 169 Å². The van der Waals surface area contributed by atoms with E-state index in [4.69, 9.17) is 40.6 Å². The number of unbranched alkanes of at least 4 members (excludes halogenated alkanes) is 25. The van der Waals surface area contributed by atoms with Crippen molar-refractivity contribution < 1.29 is 61.8 Å². The molecule has 1 heterocycles. The van der Waals surface area contributed by atoms with E-state index in [1.54, 1.807) is 25.3 Å². The number of allylic oxidation sites excluding steroid dienone is 4. The second-order valence-electron chi connectivity index (χ2n) is 24.7. The van der Waals surface area contributed by atoms with Gasteiger partial charge < -0.3 is 49.5 Å². The first-order valence-electron chi connectivity index (χ1n) is 35.5. The van der Waals surface area contributed by atoms with Gasteiger partial charge in [0.15, 0.2) is 16.6 Å². The Bertz CT molecular complexity index is 2890. The van der Waals surface area contributed by atoms with Gasteiger partial charge in [-0.2, -0.15) is 0 Å². The number of methoxy groups -OCH3 is 1. The van der Waals surface area contributed by atoms with Crippen molar-refractivity contribution >= 4 is 65.4 Å². The van der Waals surface area contributed by atoms with E-state index in [9.17, 15) is 33.6 Å². The van der Waals surface area contributed by atoms with Gasteiger partial charge >= 0.3 is 19.8 Å². The van der Waals surface area contributed by atoms with Crippen molar-refractivity contribution in [1.82, 2.24) is 10.6 Å². The van der Waals surface area contributed by atoms with E-state index >= 15 is 0 Å². The number of rotatable bonds is 53. The highest BCUT2D eigenvalue weighted by atomic mass is 32.1. The van der Waals surface area contributed by atoms with Crippen molar-refractivity contribution in [3.05, 3.63) is 94.7 Å². The first kappa shape index (κ1) is 82.5. The van der Waals surface area contributed by atoms with Crippen LogP contribution in [-0.4, -0.2) is 89.8 Å². The number of esters is 2. The van der Waals surface area contributed by atoms with Crippen LogP contribution in [0.2, 0.25) is 0 Å². The molecule has 19 heteroatoms. The Kier molecular flexibility index (Phi) is 46.0. The smallest absolute Gasteiger partial charge is 0.469 e. The number of phosphoric ester groups is 1. The Balaban J connectivity index is 0.000000493. The third-order valence-corrected chi connectivity index (χ3v) is 17.0. The number of phenols is 1. The highest BCUT2D eigenvalue weighted by molar-refractivity contribution is 7.80. The van der Waals surface area contributed by atoms with E-state index in [1.165, 1.54) is 128 Å². The lowest BCUT2D eigenvalue weighted by Gasteiger charge is -2.18. The monoisotopic (exact) mass is 1350 g/mol. The zero-order chi connectivity index (χ0) is 68.3. The van der Waals surface area contributed by atoms with Gasteiger partial charge in [-0.15, -0.1) is 0 Å². The molecule has 0 aromatic heterocycles. The molecule has 0 radical (unpaired) electrons. The van der Waals surface area contributed by atoms with Gasteiger partial charge in [0.2, 0.25) is 5.91 Å². The molecule has 2 aliphatic rings. The fourth-order valence-corrected chi connectivity index (χ4v) is 11.5. The van der Waals surface area contributed by atoms with Crippen molar-refractivity contribution in [1.29, 1.82) is 0 Å². The molecule has 17 nitrogen and oxygen atoms in total. The summed E-state index contributed by atoms with van der Waals surface area (Å²) in [5, 5.41) is 20.7. The van der Waals surface area contributed by atoms with Crippen molar-refractivity contribution in [3.63, 3.8) is 0 Å². The van der Waals surface area contributed by atoms with E-state index in [1.807, 2.05) is 31.2 Å². The SMILES string of the molecule is CCCCCCCC/C=C\CCCCCCCC(=O)OCC(COC)OC(=O)CCCCCCC/C=C\CCCCCCCC.Cc1cc(NC(=S)NCCCCCNC(=O)CCCCC(=O)CCCOP(=O)(O)O)ccc1-c1c2ccc(=O)cc-2oc2cc(O)ccc12. The van der Waals surface area contributed by atoms with E-state index < -0.39 is 13.9 Å². The summed E-state index contributed by atoms with van der Waals surface area (Å²) < 4.78 is 37.0. The summed E-state index contributed by atoms with van der Waals surface area (Å²) in [6.45, 7) is 7.91. The minimum absolute atomic E-state index is 0.0155. The van der Waals surface area contributed by atoms with Crippen molar-refractivity contribution in [2.75, 3.05) is 45.3 Å². The number of hydrogen-bond acceptors (Lipinski definition) is 13. The number of fused-ring (bicyclic) bond motifs is 2. The molecular weight excluding hydrogens is 1230 g/mol. The van der Waals surface area contributed by atoms with Crippen LogP contribution in [0.1, 0.15) is 257 Å². The maximum atomic E-state index is 12.3. The highest BCUT2D eigenvalue weighted by Crippen LogP contribution is 2.42. The second-order valence-corrected chi connectivity index (χ2v) is 26.4. The van der Waals surface area contributed by atoms with Crippen molar-refractivity contribution in [3.8, 4) is 28.2 Å². The first-order valence-corrected chi connectivity index (χ1v) is 37.4. The molecule has 4 rings (SSSR count). The third kappa shape index (κ3) is 40.6. The number of aromatic hydroxyl groups is 1. The number of amides is 1. The number of anilines is 1. The fraction of sp³-hybridized carbons (Fsp3) is 0.627. The maximum absolute atomic E-state index is 12.3. The molecular formula is C75H116N3O14PS. The van der Waals surface area contributed by atoms with Gasteiger partial charge in [0.25, 0.3) is 0 Å². The molecule has 94 heavy (non-hydrogen) atoms. The van der Waals surface area contributed by atoms with Gasteiger partial charge in [0, 0.05) is 86.6 Å². The molecule has 6 N–H and O–H groups in total. The van der Waals surface area contributed by atoms with Crippen LogP contribution >= 0.6 is 20.0 Å². The molecule has 1 aliphatic carbocycles. The summed E-state index contributed by atoms with van der Waals surface area (Å²) >= 11 is 5.50. The predicted octanol–water partition coefficient (Wildman–Crippen LogP) is 18.3. The normalized spacial score (nSPS) is 11.9. The van der Waals surface area contributed by atoms with Gasteiger partial charge in [0.05, 0.1) is 13.2 Å². The van der Waals surface area contributed by atoms with Crippen LogP contribution in [0.15, 0.2) is 88.1 Å². The van der Waals surface area contributed by atoms with Gasteiger partial charge in [-0.1, -0.05) is 147 Å². The van der Waals surface area contributed by atoms with Crippen LogP contribution < -0.4 is 21.4 Å². The molecule has 1 amide bonds. The van der Waals surface area contributed by atoms with E-state index in [2.05, 4.69) is 58.6 Å². The Morgan fingerprint density at radius 2 is 1.11 bits per heavy atom. The van der Waals surface area contributed by atoms with Crippen LogP contribution in [0.25, 0.3) is 33.4 Å². The summed E-state index contributed by atoms with van der Waals surface area (Å²) in [7, 11) is -2.93. The van der Waals surface area contributed by atoms with Crippen LogP contribution in [-0.2, 0) is 42.5 Å². The minimum Gasteiger partial charge on any atom is -0.508 e. The largest absolute Gasteiger partial charge is 0.508 e. The Labute approximate surface area is 567 Å². The standard InChI is InChI=1S/C40H74O5.C35H42N3O9PS/c1-4-6-8-10-12-14-16-18-20-22-24-26-28-30-32-34-39(41)44-37-38(36-43-3)45-40(42)35-33-31-29-27-25-23-21-19-17-15-13-11-9-7-5-2;1-23-20-24(11-14-28(23)34-29-15-12-26(40)21-31(29)47-32-22-27(41)13-16-30(32)34)38-35(49)37-18-6-2-5-17-36-33(42)10-4-3-8-25(39)9-7-19-46-48(43,44)45/h18-21,38H,4-17,22-37H2,1-3H3;11-16,20-22,40H,2-10,17-19H2,1H3,(H,36,42)(H2,37,38,49)(H2,43,44,45)/b20-18-,21-19-;. The number of hydrogen-bond donors (Lipinski definition) is 6. The Hall–Kier alpha value is -5.75. The molecule has 0 saturated heterocycles. The topological polar surface area (TPSA) is 249 Å². The van der Waals surface area contributed by atoms with E-state index in [0.29, 0.717) is 68.1 Å². The number of phosphoric acid groups is 1. The summed E-state index contributed by atoms with van der Waals surface area (Å²) in [6, 6.07) is 15.6. The van der Waals surface area contributed by atoms with Gasteiger partial charge in [0.1, 0.15) is 29.5 Å². The zero-order valence-electron chi connectivity index (χ0n) is 57.5. The number of phenolic OH excluding ortho intramolecular Hbond substituents is 1. The lowest BCUT2D eigenvalue weighted by molar-refractivity contribution is -0.162. The zero-order valence-corrected chi connectivity index (χ0v) is 59.2. The van der Waals surface area contributed by atoms with Crippen molar-refractivity contribution in [2.24, 2.45) is 0 Å². The average Bonchev–Trinajstić information content (AvgIpc) is 0.755. The second kappa shape index (κ2) is 52.4. The molecule has 0 saturated carbocycles. The third-order valence-electron chi connectivity index (χ3n) is 16.2. The Morgan fingerprint density at radius 1 is 0.585 bits per heavy atom. The highest BCUT2D eigenvalue weighted by Gasteiger charge is 2.21. The minimum atomic E-state index is -4.50. The van der Waals surface area contributed by atoms with Crippen LogP contribution in [0, 0.1) is 6.92 Å². The van der Waals surface area contributed by atoms with Crippen LogP contribution in [0.3, 0.4) is 0 Å². The number of benzene rings is 3. The molecule has 2 aromatic rings. The lowest BCUT2D eigenvalue weighted by Crippen LogP contribution is -2.29. The molecule has 0 bridgehead atoms. The lowest BCUT2D eigenvalue weighted by atomic mass is 9.91. The molecule has 1 aliphatic heterocycles. The summed E-state index contributed by atoms with van der Waals surface area (Å²) in [5.74, 6) is 0.00236. The van der Waals surface area contributed by atoms with E-state index in [-0.39, 0.29) is 67.5 Å². The molecule has 526 valence electrons. The summed E-state index contributed by atoms with van der Waals surface area (Å²) in [6.07, 6.45) is 46.5. The van der Waals surface area contributed by atoms with Gasteiger partial charge in [-0.3, -0.25) is 28.5 Å². The fourth-order valence-electron chi connectivity index (χ4n) is 11.0. The molecule has 2 aromatic carbocycles. The van der Waals surface area contributed by atoms with Crippen LogP contribution in [0.5, 0.6) is 5.75 Å². The summed E-state index contributed by atoms with van der Waals surface area (Å²) in [5.41, 5.74) is 4.80.